The third-order valence-electron chi connectivity index (χ3n) is 4.98. The topological polar surface area (TPSA) is 64.1 Å². The van der Waals surface area contributed by atoms with Crippen molar-refractivity contribution in [3.63, 3.8) is 0 Å². The molecule has 1 heterocycles. The number of nitrogens with zero attached hydrogens (tertiary/aromatic N) is 2. The second-order valence-electron chi connectivity index (χ2n) is 6.84. The third kappa shape index (κ3) is 3.23. The lowest BCUT2D eigenvalue weighted by Gasteiger charge is -2.34. The second kappa shape index (κ2) is 5.86. The molecule has 0 amide bonds. The fourth-order valence-electron chi connectivity index (χ4n) is 3.90. The molecule has 2 saturated carbocycles. The van der Waals surface area contributed by atoms with Gasteiger partial charge in [-0.3, -0.25) is 4.68 Å². The Kier molecular flexibility index (Phi) is 4.13. The molecule has 112 valence electrons. The molecule has 2 aliphatic rings. The highest BCUT2D eigenvalue weighted by Crippen LogP contribution is 2.31. The van der Waals surface area contributed by atoms with E-state index in [-0.39, 0.29) is 6.04 Å². The van der Waals surface area contributed by atoms with Crippen LogP contribution in [0, 0.1) is 0 Å². The fraction of sp³-hybridized carbons (Fsp3) is 0.812. The first-order chi connectivity index (χ1) is 9.65. The summed E-state index contributed by atoms with van der Waals surface area (Å²) in [6.45, 7) is 0. The number of aliphatic hydroxyl groups is 1. The van der Waals surface area contributed by atoms with Crippen molar-refractivity contribution in [2.75, 3.05) is 0 Å². The molecule has 0 aliphatic heterocycles. The standard InChI is InChI=1S/C16H27N3O/c17-13-5-4-9-16(20,11-13)12-14-8-10-19(18-14)15-6-2-1-3-7-15/h8,10,13,15,20H,1-7,9,11-12,17H2. The van der Waals surface area contributed by atoms with Crippen LogP contribution in [0.1, 0.15) is 69.5 Å². The van der Waals surface area contributed by atoms with Gasteiger partial charge in [0.1, 0.15) is 0 Å². The number of rotatable bonds is 3. The first kappa shape index (κ1) is 14.1. The van der Waals surface area contributed by atoms with E-state index in [0.717, 1.165) is 25.0 Å². The van der Waals surface area contributed by atoms with Gasteiger partial charge in [-0.05, 0) is 44.6 Å². The summed E-state index contributed by atoms with van der Waals surface area (Å²) in [7, 11) is 0. The molecule has 0 spiro atoms. The molecule has 4 heteroatoms. The zero-order chi connectivity index (χ0) is 14.0. The molecule has 2 fully saturated rings. The summed E-state index contributed by atoms with van der Waals surface area (Å²) in [6, 6.07) is 2.79. The summed E-state index contributed by atoms with van der Waals surface area (Å²) in [6.07, 6.45) is 12.9. The Morgan fingerprint density at radius 1 is 1.25 bits per heavy atom. The molecule has 0 aromatic carbocycles. The van der Waals surface area contributed by atoms with E-state index in [0.29, 0.717) is 18.9 Å². The normalized spacial score (nSPS) is 32.4. The van der Waals surface area contributed by atoms with Crippen LogP contribution in [0.15, 0.2) is 12.3 Å². The molecule has 4 nitrogen and oxygen atoms in total. The number of nitrogens with two attached hydrogens (primary N) is 1. The van der Waals surface area contributed by atoms with Gasteiger partial charge in [-0.15, -0.1) is 0 Å². The Labute approximate surface area is 121 Å². The van der Waals surface area contributed by atoms with Gasteiger partial charge in [-0.1, -0.05) is 19.3 Å². The Morgan fingerprint density at radius 2 is 2.05 bits per heavy atom. The molecule has 0 saturated heterocycles. The number of hydrogen-bond acceptors (Lipinski definition) is 3. The summed E-state index contributed by atoms with van der Waals surface area (Å²) in [5.74, 6) is 0. The van der Waals surface area contributed by atoms with Gasteiger partial charge in [0.05, 0.1) is 17.3 Å². The van der Waals surface area contributed by atoms with Crippen molar-refractivity contribution >= 4 is 0 Å². The van der Waals surface area contributed by atoms with Crippen molar-refractivity contribution in [2.45, 2.75) is 81.9 Å². The van der Waals surface area contributed by atoms with Crippen LogP contribution in [0.25, 0.3) is 0 Å². The molecule has 3 rings (SSSR count). The first-order valence-corrected chi connectivity index (χ1v) is 8.17. The van der Waals surface area contributed by atoms with Crippen LogP contribution >= 0.6 is 0 Å². The fourth-order valence-corrected chi connectivity index (χ4v) is 3.90. The molecule has 20 heavy (non-hydrogen) atoms. The molecule has 2 unspecified atom stereocenters. The van der Waals surface area contributed by atoms with Crippen molar-refractivity contribution < 1.29 is 5.11 Å². The molecule has 2 aliphatic carbocycles. The minimum Gasteiger partial charge on any atom is -0.389 e. The molecule has 0 bridgehead atoms. The predicted octanol–water partition coefficient (Wildman–Crippen LogP) is 2.56. The minimum absolute atomic E-state index is 0.147. The Bertz CT molecular complexity index is 439. The second-order valence-corrected chi connectivity index (χ2v) is 6.84. The molecule has 0 radical (unpaired) electrons. The van der Waals surface area contributed by atoms with E-state index in [1.807, 2.05) is 0 Å². The van der Waals surface area contributed by atoms with E-state index >= 15 is 0 Å². The van der Waals surface area contributed by atoms with Crippen LogP contribution in [0.5, 0.6) is 0 Å². The van der Waals surface area contributed by atoms with E-state index in [4.69, 9.17) is 10.8 Å². The number of aromatic nitrogens is 2. The number of hydrogen-bond donors (Lipinski definition) is 2. The Balaban J connectivity index is 1.64. The summed E-state index contributed by atoms with van der Waals surface area (Å²) in [4.78, 5) is 0. The van der Waals surface area contributed by atoms with Crippen molar-refractivity contribution in [1.29, 1.82) is 0 Å². The van der Waals surface area contributed by atoms with E-state index < -0.39 is 5.60 Å². The van der Waals surface area contributed by atoms with Crippen LogP contribution in [0.2, 0.25) is 0 Å². The van der Waals surface area contributed by atoms with Crippen LogP contribution in [0.3, 0.4) is 0 Å². The third-order valence-corrected chi connectivity index (χ3v) is 4.98. The first-order valence-electron chi connectivity index (χ1n) is 8.17. The zero-order valence-corrected chi connectivity index (χ0v) is 12.3. The molecule has 3 N–H and O–H groups in total. The highest BCUT2D eigenvalue weighted by atomic mass is 16.3. The average Bonchev–Trinajstić information content (AvgIpc) is 2.87. The minimum atomic E-state index is -0.636. The van der Waals surface area contributed by atoms with Crippen molar-refractivity contribution in [3.05, 3.63) is 18.0 Å². The van der Waals surface area contributed by atoms with Crippen LogP contribution in [0.4, 0.5) is 0 Å². The maximum Gasteiger partial charge on any atom is 0.0718 e. The summed E-state index contributed by atoms with van der Waals surface area (Å²) in [5, 5.41) is 15.4. The monoisotopic (exact) mass is 277 g/mol. The summed E-state index contributed by atoms with van der Waals surface area (Å²) in [5.41, 5.74) is 6.39. The predicted molar refractivity (Wildman–Crippen MR) is 79.4 cm³/mol. The van der Waals surface area contributed by atoms with E-state index in [1.165, 1.54) is 32.1 Å². The molecular formula is C16H27N3O. The summed E-state index contributed by atoms with van der Waals surface area (Å²) < 4.78 is 2.13. The highest BCUT2D eigenvalue weighted by Gasteiger charge is 2.33. The van der Waals surface area contributed by atoms with Crippen molar-refractivity contribution in [1.82, 2.24) is 9.78 Å². The lowest BCUT2D eigenvalue weighted by Crippen LogP contribution is -2.42. The molecule has 1 aromatic heterocycles. The van der Waals surface area contributed by atoms with E-state index in [1.54, 1.807) is 0 Å². The zero-order valence-electron chi connectivity index (χ0n) is 12.3. The van der Waals surface area contributed by atoms with Gasteiger partial charge in [0.2, 0.25) is 0 Å². The maximum absolute atomic E-state index is 10.7. The van der Waals surface area contributed by atoms with E-state index in [2.05, 4.69) is 16.9 Å². The SMILES string of the molecule is NC1CCCC(O)(Cc2ccn(C3CCCCC3)n2)C1. The Morgan fingerprint density at radius 3 is 2.80 bits per heavy atom. The smallest absolute Gasteiger partial charge is 0.0718 e. The molecular weight excluding hydrogens is 250 g/mol. The largest absolute Gasteiger partial charge is 0.389 e. The molecule has 2 atom stereocenters. The average molecular weight is 277 g/mol. The molecule has 1 aromatic rings. The van der Waals surface area contributed by atoms with Crippen molar-refractivity contribution in [3.8, 4) is 0 Å². The highest BCUT2D eigenvalue weighted by molar-refractivity contribution is 5.06. The lowest BCUT2D eigenvalue weighted by atomic mass is 9.79. The lowest BCUT2D eigenvalue weighted by molar-refractivity contribution is -0.00286. The van der Waals surface area contributed by atoms with Crippen LogP contribution in [-0.4, -0.2) is 26.5 Å². The van der Waals surface area contributed by atoms with Gasteiger partial charge >= 0.3 is 0 Å². The van der Waals surface area contributed by atoms with Gasteiger partial charge in [0, 0.05) is 18.7 Å². The summed E-state index contributed by atoms with van der Waals surface area (Å²) >= 11 is 0. The van der Waals surface area contributed by atoms with E-state index in [9.17, 15) is 5.11 Å². The van der Waals surface area contributed by atoms with Crippen LogP contribution < -0.4 is 5.73 Å². The van der Waals surface area contributed by atoms with Gasteiger partial charge in [-0.2, -0.15) is 5.10 Å². The van der Waals surface area contributed by atoms with Gasteiger partial charge in [0.25, 0.3) is 0 Å². The van der Waals surface area contributed by atoms with Gasteiger partial charge in [0.15, 0.2) is 0 Å². The maximum atomic E-state index is 10.7. The van der Waals surface area contributed by atoms with Gasteiger partial charge in [-0.25, -0.2) is 0 Å². The Hall–Kier alpha value is -0.870. The van der Waals surface area contributed by atoms with Crippen molar-refractivity contribution in [2.24, 2.45) is 5.73 Å². The van der Waals surface area contributed by atoms with Crippen LogP contribution in [-0.2, 0) is 6.42 Å². The quantitative estimate of drug-likeness (QED) is 0.892. The van der Waals surface area contributed by atoms with Gasteiger partial charge < -0.3 is 10.8 Å².